The van der Waals surface area contributed by atoms with E-state index in [-0.39, 0.29) is 5.75 Å². The number of sulfonamides is 1. The summed E-state index contributed by atoms with van der Waals surface area (Å²) in [4.78, 5) is 0. The molecule has 0 aliphatic carbocycles. The molecule has 0 amide bonds. The molecular formula is C15H16Cl2N2O2S. The van der Waals surface area contributed by atoms with Gasteiger partial charge in [-0.3, -0.25) is 4.72 Å². The third kappa shape index (κ3) is 4.80. The highest BCUT2D eigenvalue weighted by molar-refractivity contribution is 7.92. The maximum Gasteiger partial charge on any atom is 0.232 e. The van der Waals surface area contributed by atoms with Crippen LogP contribution in [0.15, 0.2) is 42.5 Å². The third-order valence-corrected chi connectivity index (χ3v) is 5.07. The van der Waals surface area contributed by atoms with Crippen LogP contribution in [0.2, 0.25) is 10.0 Å². The molecule has 7 heteroatoms. The lowest BCUT2D eigenvalue weighted by molar-refractivity contribution is 0.600. The summed E-state index contributed by atoms with van der Waals surface area (Å²) in [6.45, 7) is 1.82. The average molecular weight is 359 g/mol. The maximum atomic E-state index is 11.7. The van der Waals surface area contributed by atoms with Gasteiger partial charge in [0.1, 0.15) is 0 Å². The van der Waals surface area contributed by atoms with Crippen LogP contribution in [0.25, 0.3) is 0 Å². The zero-order valence-electron chi connectivity index (χ0n) is 11.9. The minimum atomic E-state index is -3.27. The minimum Gasteiger partial charge on any atom is -0.355 e. The van der Waals surface area contributed by atoms with Gasteiger partial charge in [-0.2, -0.15) is 0 Å². The zero-order chi connectivity index (χ0) is 16.2. The SMILES string of the molecule is CCCS(=O)(=O)Nc1ccc(Nc2ccc(Cl)c(Cl)c2)cc1. The first-order chi connectivity index (χ1) is 10.4. The highest BCUT2D eigenvalue weighted by atomic mass is 35.5. The Kier molecular flexibility index (Phi) is 5.56. The number of anilines is 3. The molecule has 0 spiro atoms. The molecule has 0 bridgehead atoms. The fourth-order valence-electron chi connectivity index (χ4n) is 1.86. The van der Waals surface area contributed by atoms with Crippen LogP contribution in [0.5, 0.6) is 0 Å². The number of rotatable bonds is 6. The third-order valence-electron chi connectivity index (χ3n) is 2.84. The van der Waals surface area contributed by atoms with E-state index in [0.29, 0.717) is 22.2 Å². The van der Waals surface area contributed by atoms with Crippen LogP contribution in [-0.2, 0) is 10.0 Å². The quantitative estimate of drug-likeness (QED) is 0.772. The lowest BCUT2D eigenvalue weighted by Crippen LogP contribution is -2.15. The first-order valence-corrected chi connectivity index (χ1v) is 9.13. The van der Waals surface area contributed by atoms with E-state index in [1.54, 1.807) is 36.4 Å². The second-order valence-corrected chi connectivity index (χ2v) is 7.41. The molecule has 0 saturated carbocycles. The van der Waals surface area contributed by atoms with Gasteiger partial charge < -0.3 is 5.32 Å². The molecule has 4 nitrogen and oxygen atoms in total. The molecule has 2 rings (SSSR count). The Morgan fingerprint density at radius 1 is 0.909 bits per heavy atom. The molecule has 2 aromatic carbocycles. The van der Waals surface area contributed by atoms with Crippen LogP contribution in [-0.4, -0.2) is 14.2 Å². The van der Waals surface area contributed by atoms with Crippen molar-refractivity contribution in [2.24, 2.45) is 0 Å². The standard InChI is InChI=1S/C15H16Cl2N2O2S/c1-2-9-22(20,21)19-12-5-3-11(4-6-12)18-13-7-8-14(16)15(17)10-13/h3-8,10,18-19H,2,9H2,1H3. The highest BCUT2D eigenvalue weighted by Crippen LogP contribution is 2.27. The van der Waals surface area contributed by atoms with E-state index in [0.717, 1.165) is 11.4 Å². The predicted molar refractivity (Wildman–Crippen MR) is 93.9 cm³/mol. The van der Waals surface area contributed by atoms with Gasteiger partial charge in [0.15, 0.2) is 0 Å². The summed E-state index contributed by atoms with van der Waals surface area (Å²) in [6, 6.07) is 12.2. The smallest absolute Gasteiger partial charge is 0.232 e. The van der Waals surface area contributed by atoms with Crippen LogP contribution >= 0.6 is 23.2 Å². The molecule has 2 N–H and O–H groups in total. The van der Waals surface area contributed by atoms with E-state index >= 15 is 0 Å². The first-order valence-electron chi connectivity index (χ1n) is 6.72. The minimum absolute atomic E-state index is 0.107. The second-order valence-electron chi connectivity index (χ2n) is 4.75. The normalized spacial score (nSPS) is 11.2. The van der Waals surface area contributed by atoms with Gasteiger partial charge >= 0.3 is 0 Å². The Balaban J connectivity index is 2.07. The summed E-state index contributed by atoms with van der Waals surface area (Å²) < 4.78 is 25.9. The Labute approximate surface area is 140 Å². The number of halogens is 2. The van der Waals surface area contributed by atoms with Gasteiger partial charge in [0.25, 0.3) is 0 Å². The summed E-state index contributed by atoms with van der Waals surface area (Å²) in [6.07, 6.45) is 0.576. The number of nitrogens with one attached hydrogen (secondary N) is 2. The van der Waals surface area contributed by atoms with Crippen molar-refractivity contribution in [3.63, 3.8) is 0 Å². The summed E-state index contributed by atoms with van der Waals surface area (Å²) in [5.41, 5.74) is 2.15. The topological polar surface area (TPSA) is 58.2 Å². The molecule has 2 aromatic rings. The lowest BCUT2D eigenvalue weighted by Gasteiger charge is -2.10. The molecule has 0 heterocycles. The van der Waals surface area contributed by atoms with Crippen molar-refractivity contribution in [1.82, 2.24) is 0 Å². The highest BCUT2D eigenvalue weighted by Gasteiger charge is 2.08. The Morgan fingerprint density at radius 2 is 1.50 bits per heavy atom. The number of hydrogen-bond acceptors (Lipinski definition) is 3. The lowest BCUT2D eigenvalue weighted by atomic mass is 10.2. The van der Waals surface area contributed by atoms with Crippen molar-refractivity contribution >= 4 is 50.3 Å². The van der Waals surface area contributed by atoms with Gasteiger partial charge in [0.05, 0.1) is 15.8 Å². The van der Waals surface area contributed by atoms with Gasteiger partial charge in [-0.1, -0.05) is 30.1 Å². The molecule has 0 unspecified atom stereocenters. The van der Waals surface area contributed by atoms with Gasteiger partial charge in [-0.05, 0) is 48.9 Å². The van der Waals surface area contributed by atoms with E-state index in [2.05, 4.69) is 10.0 Å². The van der Waals surface area contributed by atoms with Crippen molar-refractivity contribution in [2.75, 3.05) is 15.8 Å². The van der Waals surface area contributed by atoms with E-state index < -0.39 is 10.0 Å². The summed E-state index contributed by atoms with van der Waals surface area (Å²) in [5.74, 6) is 0.107. The van der Waals surface area contributed by atoms with Crippen LogP contribution < -0.4 is 10.0 Å². The predicted octanol–water partition coefficient (Wildman–Crippen LogP) is 4.89. The molecule has 118 valence electrons. The number of benzene rings is 2. The molecule has 0 aromatic heterocycles. The molecule has 0 radical (unpaired) electrons. The Morgan fingerprint density at radius 3 is 2.09 bits per heavy atom. The van der Waals surface area contributed by atoms with Crippen molar-refractivity contribution in [3.05, 3.63) is 52.5 Å². The van der Waals surface area contributed by atoms with Crippen LogP contribution in [0.3, 0.4) is 0 Å². The van der Waals surface area contributed by atoms with Gasteiger partial charge in [0.2, 0.25) is 10.0 Å². The molecular weight excluding hydrogens is 343 g/mol. The van der Waals surface area contributed by atoms with Crippen LogP contribution in [0.1, 0.15) is 13.3 Å². The molecule has 22 heavy (non-hydrogen) atoms. The van der Waals surface area contributed by atoms with Crippen molar-refractivity contribution in [1.29, 1.82) is 0 Å². The van der Waals surface area contributed by atoms with E-state index in [1.807, 2.05) is 13.0 Å². The molecule has 0 saturated heterocycles. The maximum absolute atomic E-state index is 11.7. The molecule has 0 fully saturated rings. The van der Waals surface area contributed by atoms with Crippen molar-refractivity contribution < 1.29 is 8.42 Å². The van der Waals surface area contributed by atoms with Gasteiger partial charge in [-0.15, -0.1) is 0 Å². The Bertz CT molecular complexity index is 747. The number of hydrogen-bond donors (Lipinski definition) is 2. The fraction of sp³-hybridized carbons (Fsp3) is 0.200. The summed E-state index contributed by atoms with van der Waals surface area (Å²) >= 11 is 11.8. The Hall–Kier alpha value is -1.43. The molecule has 0 aliphatic heterocycles. The zero-order valence-corrected chi connectivity index (χ0v) is 14.3. The molecule has 0 atom stereocenters. The van der Waals surface area contributed by atoms with Gasteiger partial charge in [0, 0.05) is 17.1 Å². The van der Waals surface area contributed by atoms with Gasteiger partial charge in [-0.25, -0.2) is 8.42 Å². The largest absolute Gasteiger partial charge is 0.355 e. The van der Waals surface area contributed by atoms with E-state index in [4.69, 9.17) is 23.2 Å². The summed E-state index contributed by atoms with van der Waals surface area (Å²) in [7, 11) is -3.27. The van der Waals surface area contributed by atoms with Crippen LogP contribution in [0, 0.1) is 0 Å². The molecule has 0 aliphatic rings. The second kappa shape index (κ2) is 7.22. The van der Waals surface area contributed by atoms with Crippen LogP contribution in [0.4, 0.5) is 17.1 Å². The van der Waals surface area contributed by atoms with Crippen molar-refractivity contribution in [3.8, 4) is 0 Å². The van der Waals surface area contributed by atoms with Crippen molar-refractivity contribution in [2.45, 2.75) is 13.3 Å². The fourth-order valence-corrected chi connectivity index (χ4v) is 3.29. The first kappa shape index (κ1) is 16.9. The summed E-state index contributed by atoms with van der Waals surface area (Å²) in [5, 5.41) is 4.13. The average Bonchev–Trinajstić information content (AvgIpc) is 2.44. The monoisotopic (exact) mass is 358 g/mol. The van der Waals surface area contributed by atoms with E-state index in [9.17, 15) is 8.42 Å². The van der Waals surface area contributed by atoms with E-state index in [1.165, 1.54) is 0 Å².